The zero-order valence-corrected chi connectivity index (χ0v) is 15.1. The van der Waals surface area contributed by atoms with Gasteiger partial charge in [0.1, 0.15) is 0 Å². The molecule has 0 saturated heterocycles. The minimum atomic E-state index is -0.971. The molecule has 0 heterocycles. The second-order valence-electron chi connectivity index (χ2n) is 6.84. The van der Waals surface area contributed by atoms with Crippen LogP contribution >= 0.6 is 0 Å². The molecule has 1 amide bonds. The molecule has 2 rings (SSSR count). The van der Waals surface area contributed by atoms with E-state index in [1.807, 2.05) is 44.2 Å². The molecule has 0 saturated carbocycles. The van der Waals surface area contributed by atoms with Crippen LogP contribution in [0.1, 0.15) is 58.2 Å². The van der Waals surface area contributed by atoms with E-state index in [1.165, 1.54) is 5.56 Å². The predicted octanol–water partition coefficient (Wildman–Crippen LogP) is 4.26. The molecule has 126 valence electrons. The molecule has 1 N–H and O–H groups in total. The Morgan fingerprint density at radius 2 is 1.46 bits per heavy atom. The average Bonchev–Trinajstić information content (AvgIpc) is 2.52. The largest absolute Gasteiger partial charge is 0.340 e. The molecule has 0 spiro atoms. The van der Waals surface area contributed by atoms with Crippen molar-refractivity contribution < 1.29 is 9.59 Å². The van der Waals surface area contributed by atoms with Crippen molar-refractivity contribution >= 4 is 11.7 Å². The maximum atomic E-state index is 12.8. The lowest BCUT2D eigenvalue weighted by Crippen LogP contribution is -2.49. The van der Waals surface area contributed by atoms with Gasteiger partial charge in [-0.25, -0.2) is 0 Å². The number of Topliss-reactive ketones (excluding diaryl/α,β-unsaturated/α-hetero) is 1. The van der Waals surface area contributed by atoms with E-state index >= 15 is 0 Å². The first-order valence-electron chi connectivity index (χ1n) is 8.27. The number of carbonyl (C=O) groups excluding carboxylic acids is 2. The van der Waals surface area contributed by atoms with Crippen molar-refractivity contribution in [1.82, 2.24) is 5.32 Å². The van der Waals surface area contributed by atoms with E-state index in [0.29, 0.717) is 11.1 Å². The number of hydrogen-bond donors (Lipinski definition) is 1. The van der Waals surface area contributed by atoms with Crippen molar-refractivity contribution in [3.8, 4) is 0 Å². The lowest BCUT2D eigenvalue weighted by molar-refractivity contribution is 0.0798. The van der Waals surface area contributed by atoms with E-state index in [-0.39, 0.29) is 11.7 Å². The minimum absolute atomic E-state index is 0.0900. The Morgan fingerprint density at radius 1 is 0.917 bits per heavy atom. The second kappa shape index (κ2) is 7.00. The standard InChI is InChI=1S/C21H25NO2/c1-6-16-7-9-17(10-8-16)20(24)22-21(4,5)19(23)18-12-14(2)11-15(3)13-18/h7-13H,6H2,1-5H3,(H,22,24). The fourth-order valence-electron chi connectivity index (χ4n) is 2.77. The lowest BCUT2D eigenvalue weighted by Gasteiger charge is -2.25. The van der Waals surface area contributed by atoms with E-state index in [9.17, 15) is 9.59 Å². The van der Waals surface area contributed by atoms with Gasteiger partial charge in [-0.2, -0.15) is 0 Å². The van der Waals surface area contributed by atoms with Gasteiger partial charge in [-0.3, -0.25) is 9.59 Å². The molecule has 24 heavy (non-hydrogen) atoms. The average molecular weight is 323 g/mol. The summed E-state index contributed by atoms with van der Waals surface area (Å²) >= 11 is 0. The summed E-state index contributed by atoms with van der Waals surface area (Å²) in [5.74, 6) is -0.326. The highest BCUT2D eigenvalue weighted by Crippen LogP contribution is 2.17. The van der Waals surface area contributed by atoms with Crippen molar-refractivity contribution in [2.45, 2.75) is 46.6 Å². The Kier molecular flexibility index (Phi) is 5.23. The molecule has 0 atom stereocenters. The number of ketones is 1. The number of aryl methyl sites for hydroxylation is 3. The van der Waals surface area contributed by atoms with Gasteiger partial charge < -0.3 is 5.32 Å². The van der Waals surface area contributed by atoms with Gasteiger partial charge in [0, 0.05) is 11.1 Å². The summed E-state index contributed by atoms with van der Waals surface area (Å²) in [5.41, 5.74) is 3.47. The highest BCUT2D eigenvalue weighted by molar-refractivity contribution is 6.06. The van der Waals surface area contributed by atoms with Crippen LogP contribution in [-0.4, -0.2) is 17.2 Å². The van der Waals surface area contributed by atoms with E-state index in [4.69, 9.17) is 0 Å². The van der Waals surface area contributed by atoms with Crippen LogP contribution in [0.3, 0.4) is 0 Å². The van der Waals surface area contributed by atoms with Crippen molar-refractivity contribution in [3.63, 3.8) is 0 Å². The summed E-state index contributed by atoms with van der Waals surface area (Å²) in [6, 6.07) is 13.2. The van der Waals surface area contributed by atoms with Crippen LogP contribution in [0.5, 0.6) is 0 Å². The van der Waals surface area contributed by atoms with Crippen molar-refractivity contribution in [2.24, 2.45) is 0 Å². The third-order valence-corrected chi connectivity index (χ3v) is 4.10. The molecule has 0 bridgehead atoms. The van der Waals surface area contributed by atoms with Gasteiger partial charge in [0.05, 0.1) is 5.54 Å². The zero-order chi connectivity index (χ0) is 17.9. The zero-order valence-electron chi connectivity index (χ0n) is 15.1. The fraction of sp³-hybridized carbons (Fsp3) is 0.333. The summed E-state index contributed by atoms with van der Waals surface area (Å²) in [4.78, 5) is 25.3. The van der Waals surface area contributed by atoms with Crippen LogP contribution < -0.4 is 5.32 Å². The molecular formula is C21H25NO2. The Hall–Kier alpha value is -2.42. The highest BCUT2D eigenvalue weighted by atomic mass is 16.2. The van der Waals surface area contributed by atoms with Gasteiger partial charge in [-0.05, 0) is 63.9 Å². The fourth-order valence-corrected chi connectivity index (χ4v) is 2.77. The molecule has 0 aromatic heterocycles. The van der Waals surface area contributed by atoms with E-state index in [2.05, 4.69) is 12.2 Å². The molecule has 0 aliphatic carbocycles. The molecule has 0 radical (unpaired) electrons. The van der Waals surface area contributed by atoms with Gasteiger partial charge in [-0.15, -0.1) is 0 Å². The maximum absolute atomic E-state index is 12.8. The van der Waals surface area contributed by atoms with E-state index in [1.54, 1.807) is 26.0 Å². The first kappa shape index (κ1) is 17.9. The Labute approximate surface area is 144 Å². The first-order chi connectivity index (χ1) is 11.2. The van der Waals surface area contributed by atoms with E-state index < -0.39 is 5.54 Å². The smallest absolute Gasteiger partial charge is 0.252 e. The lowest BCUT2D eigenvalue weighted by atomic mass is 9.91. The van der Waals surface area contributed by atoms with Gasteiger partial charge in [0.25, 0.3) is 5.91 Å². The predicted molar refractivity (Wildman–Crippen MR) is 97.6 cm³/mol. The van der Waals surface area contributed by atoms with Crippen molar-refractivity contribution in [2.75, 3.05) is 0 Å². The quantitative estimate of drug-likeness (QED) is 0.836. The van der Waals surface area contributed by atoms with Crippen LogP contribution in [0.25, 0.3) is 0 Å². The third-order valence-electron chi connectivity index (χ3n) is 4.10. The maximum Gasteiger partial charge on any atom is 0.252 e. The second-order valence-corrected chi connectivity index (χ2v) is 6.84. The topological polar surface area (TPSA) is 46.2 Å². The highest BCUT2D eigenvalue weighted by Gasteiger charge is 2.30. The molecule has 3 nitrogen and oxygen atoms in total. The summed E-state index contributed by atoms with van der Waals surface area (Å²) in [6.07, 6.45) is 0.929. The van der Waals surface area contributed by atoms with Crippen molar-refractivity contribution in [1.29, 1.82) is 0 Å². The molecule has 0 unspecified atom stereocenters. The number of hydrogen-bond acceptors (Lipinski definition) is 2. The summed E-state index contributed by atoms with van der Waals surface area (Å²) in [6.45, 7) is 9.48. The van der Waals surface area contributed by atoms with Gasteiger partial charge in [0.15, 0.2) is 5.78 Å². The number of amides is 1. The van der Waals surface area contributed by atoms with Crippen LogP contribution in [0.4, 0.5) is 0 Å². The Morgan fingerprint density at radius 3 is 1.96 bits per heavy atom. The number of carbonyl (C=O) groups is 2. The van der Waals surface area contributed by atoms with E-state index in [0.717, 1.165) is 17.5 Å². The monoisotopic (exact) mass is 323 g/mol. The molecule has 2 aromatic carbocycles. The molecular weight excluding hydrogens is 298 g/mol. The summed E-state index contributed by atoms with van der Waals surface area (Å²) in [7, 11) is 0. The van der Waals surface area contributed by atoms with Crippen LogP contribution in [0.15, 0.2) is 42.5 Å². The Balaban J connectivity index is 2.19. The number of benzene rings is 2. The minimum Gasteiger partial charge on any atom is -0.340 e. The molecule has 0 aliphatic heterocycles. The van der Waals surface area contributed by atoms with Crippen molar-refractivity contribution in [3.05, 3.63) is 70.3 Å². The van der Waals surface area contributed by atoms with Crippen LogP contribution in [0.2, 0.25) is 0 Å². The normalized spacial score (nSPS) is 11.2. The SMILES string of the molecule is CCc1ccc(C(=O)NC(C)(C)C(=O)c2cc(C)cc(C)c2)cc1. The molecule has 3 heteroatoms. The Bertz CT molecular complexity index is 738. The van der Waals surface area contributed by atoms with Gasteiger partial charge in [-0.1, -0.05) is 36.2 Å². The molecule has 0 fully saturated rings. The first-order valence-corrected chi connectivity index (χ1v) is 8.27. The van der Waals surface area contributed by atoms with Gasteiger partial charge >= 0.3 is 0 Å². The molecule has 0 aliphatic rings. The molecule has 2 aromatic rings. The summed E-state index contributed by atoms with van der Waals surface area (Å²) < 4.78 is 0. The van der Waals surface area contributed by atoms with Crippen LogP contribution in [-0.2, 0) is 6.42 Å². The number of rotatable bonds is 5. The third kappa shape index (κ3) is 4.10. The number of nitrogens with one attached hydrogen (secondary N) is 1. The van der Waals surface area contributed by atoms with Gasteiger partial charge in [0.2, 0.25) is 0 Å². The van der Waals surface area contributed by atoms with Crippen LogP contribution in [0, 0.1) is 13.8 Å². The summed E-state index contributed by atoms with van der Waals surface area (Å²) in [5, 5.41) is 2.86.